The normalized spacial score (nSPS) is 11.9. The van der Waals surface area contributed by atoms with Gasteiger partial charge in [-0.2, -0.15) is 0 Å². The van der Waals surface area contributed by atoms with E-state index >= 15 is 0 Å². The van der Waals surface area contributed by atoms with Crippen molar-refractivity contribution in [3.63, 3.8) is 0 Å². The van der Waals surface area contributed by atoms with Crippen molar-refractivity contribution in [2.75, 3.05) is 25.6 Å². The number of carbonyl (C=O) groups excluding carboxylic acids is 1. The molecule has 5 nitrogen and oxygen atoms in total. The standard InChI is InChI=1S/C34H31BrF3N3O2/c1-40(29-8-10-31(43-2)11-9-29)21-30(15-23-13-27(37)18-28(38)14-23)41(20-22-3-6-26(36)7-4-22)34(42)16-24-19-39-33-12-5-25(35)17-32(24)33/h3-14,17-19,30,39H,15-16,20-21H2,1-2H3. The monoisotopic (exact) mass is 649 g/mol. The van der Waals surface area contributed by atoms with Crippen molar-refractivity contribution in [3.05, 3.63) is 130 Å². The van der Waals surface area contributed by atoms with Crippen molar-refractivity contribution < 1.29 is 22.7 Å². The van der Waals surface area contributed by atoms with E-state index in [1.165, 1.54) is 24.3 Å². The van der Waals surface area contributed by atoms with Gasteiger partial charge in [0.25, 0.3) is 0 Å². The molecule has 0 fully saturated rings. The number of H-pyrrole nitrogens is 1. The van der Waals surface area contributed by atoms with E-state index in [2.05, 4.69) is 20.9 Å². The first-order chi connectivity index (χ1) is 20.7. The zero-order valence-electron chi connectivity index (χ0n) is 23.8. The summed E-state index contributed by atoms with van der Waals surface area (Å²) in [5, 5.41) is 0.920. The van der Waals surface area contributed by atoms with E-state index in [0.717, 1.165) is 38.3 Å². The molecular weight excluding hydrogens is 619 g/mol. The van der Waals surface area contributed by atoms with Gasteiger partial charge in [0.15, 0.2) is 0 Å². The van der Waals surface area contributed by atoms with Gasteiger partial charge < -0.3 is 19.5 Å². The number of hydrogen-bond acceptors (Lipinski definition) is 3. The molecule has 0 bridgehead atoms. The Morgan fingerprint density at radius 2 is 1.58 bits per heavy atom. The van der Waals surface area contributed by atoms with Gasteiger partial charge in [-0.25, -0.2) is 13.2 Å². The first-order valence-electron chi connectivity index (χ1n) is 13.8. The van der Waals surface area contributed by atoms with Crippen molar-refractivity contribution in [1.82, 2.24) is 9.88 Å². The summed E-state index contributed by atoms with van der Waals surface area (Å²) in [6, 6.07) is 22.3. The summed E-state index contributed by atoms with van der Waals surface area (Å²) in [6.07, 6.45) is 2.12. The van der Waals surface area contributed by atoms with Crippen LogP contribution in [0.15, 0.2) is 95.6 Å². The molecule has 5 rings (SSSR count). The smallest absolute Gasteiger partial charge is 0.227 e. The van der Waals surface area contributed by atoms with Gasteiger partial charge in [0.05, 0.1) is 19.6 Å². The highest BCUT2D eigenvalue weighted by molar-refractivity contribution is 9.10. The number of hydrogen-bond donors (Lipinski definition) is 1. The predicted octanol–water partition coefficient (Wildman–Crippen LogP) is 7.68. The highest BCUT2D eigenvalue weighted by Gasteiger charge is 2.27. The lowest BCUT2D eigenvalue weighted by atomic mass is 10.0. The summed E-state index contributed by atoms with van der Waals surface area (Å²) >= 11 is 3.51. The average molecular weight is 651 g/mol. The second kappa shape index (κ2) is 13.4. The summed E-state index contributed by atoms with van der Waals surface area (Å²) in [6.45, 7) is 0.543. The number of methoxy groups -OCH3 is 1. The van der Waals surface area contributed by atoms with Crippen LogP contribution in [0.1, 0.15) is 16.7 Å². The lowest BCUT2D eigenvalue weighted by molar-refractivity contribution is -0.133. The molecule has 1 aromatic heterocycles. The van der Waals surface area contributed by atoms with Gasteiger partial charge in [-0.05, 0) is 89.8 Å². The SMILES string of the molecule is COc1ccc(N(C)CC(Cc2cc(F)cc(F)c2)N(Cc2ccc(F)cc2)C(=O)Cc2c[nH]c3ccc(Br)cc23)cc1. The highest BCUT2D eigenvalue weighted by atomic mass is 79.9. The van der Waals surface area contributed by atoms with Gasteiger partial charge in [-0.1, -0.05) is 28.1 Å². The molecule has 1 atom stereocenters. The van der Waals surface area contributed by atoms with E-state index in [9.17, 15) is 18.0 Å². The first kappa shape index (κ1) is 30.2. The molecule has 4 aromatic carbocycles. The summed E-state index contributed by atoms with van der Waals surface area (Å²) < 4.78 is 48.5. The summed E-state index contributed by atoms with van der Waals surface area (Å²) in [5.41, 5.74) is 3.77. The molecule has 0 aliphatic heterocycles. The van der Waals surface area contributed by atoms with Gasteiger partial charge in [0, 0.05) is 53.5 Å². The Morgan fingerprint density at radius 3 is 2.26 bits per heavy atom. The molecular formula is C34H31BrF3N3O2. The Bertz CT molecular complexity index is 1690. The van der Waals surface area contributed by atoms with Crippen molar-refractivity contribution in [2.24, 2.45) is 0 Å². The van der Waals surface area contributed by atoms with E-state index < -0.39 is 17.7 Å². The number of amides is 1. The Balaban J connectivity index is 1.52. The van der Waals surface area contributed by atoms with E-state index in [1.54, 1.807) is 24.1 Å². The van der Waals surface area contributed by atoms with E-state index in [4.69, 9.17) is 4.74 Å². The summed E-state index contributed by atoms with van der Waals surface area (Å²) in [4.78, 5) is 21.2. The largest absolute Gasteiger partial charge is 0.497 e. The van der Waals surface area contributed by atoms with Crippen LogP contribution in [-0.4, -0.2) is 42.5 Å². The van der Waals surface area contributed by atoms with Crippen LogP contribution in [0.2, 0.25) is 0 Å². The number of halogens is 4. The van der Waals surface area contributed by atoms with Crippen LogP contribution in [-0.2, 0) is 24.2 Å². The van der Waals surface area contributed by atoms with Crippen molar-refractivity contribution >= 4 is 38.4 Å². The molecule has 0 saturated heterocycles. The van der Waals surface area contributed by atoms with Crippen molar-refractivity contribution in [2.45, 2.75) is 25.4 Å². The predicted molar refractivity (Wildman–Crippen MR) is 167 cm³/mol. The molecule has 0 radical (unpaired) electrons. The maximum absolute atomic E-state index is 14.3. The second-order valence-corrected chi connectivity index (χ2v) is 11.5. The van der Waals surface area contributed by atoms with Gasteiger partial charge in [0.2, 0.25) is 5.91 Å². The second-order valence-electron chi connectivity index (χ2n) is 10.5. The molecule has 0 spiro atoms. The number of carbonyl (C=O) groups is 1. The fourth-order valence-electron chi connectivity index (χ4n) is 5.30. The van der Waals surface area contributed by atoms with Crippen LogP contribution in [0.5, 0.6) is 5.75 Å². The Morgan fingerprint density at radius 1 is 0.884 bits per heavy atom. The van der Waals surface area contributed by atoms with Crippen LogP contribution < -0.4 is 9.64 Å². The molecule has 1 amide bonds. The minimum absolute atomic E-state index is 0.0951. The quantitative estimate of drug-likeness (QED) is 0.160. The summed E-state index contributed by atoms with van der Waals surface area (Å²) in [7, 11) is 3.50. The Hall–Kier alpha value is -4.24. The molecule has 1 unspecified atom stereocenters. The number of nitrogens with zero attached hydrogens (tertiary/aromatic N) is 2. The molecule has 1 N–H and O–H groups in total. The number of benzene rings is 4. The molecule has 0 saturated carbocycles. The molecule has 5 aromatic rings. The number of anilines is 1. The fourth-order valence-corrected chi connectivity index (χ4v) is 5.66. The van der Waals surface area contributed by atoms with Crippen molar-refractivity contribution in [1.29, 1.82) is 0 Å². The molecule has 43 heavy (non-hydrogen) atoms. The third-order valence-corrected chi connectivity index (χ3v) is 7.98. The first-order valence-corrected chi connectivity index (χ1v) is 14.6. The number of rotatable bonds is 11. The molecule has 0 aliphatic carbocycles. The molecule has 1 heterocycles. The number of aromatic nitrogens is 1. The highest BCUT2D eigenvalue weighted by Crippen LogP contribution is 2.26. The third kappa shape index (κ3) is 7.59. The fraction of sp³-hybridized carbons (Fsp3) is 0.206. The zero-order valence-corrected chi connectivity index (χ0v) is 25.4. The van der Waals surface area contributed by atoms with Crippen molar-refractivity contribution in [3.8, 4) is 5.75 Å². The van der Waals surface area contributed by atoms with Gasteiger partial charge in [0.1, 0.15) is 23.2 Å². The van der Waals surface area contributed by atoms with Gasteiger partial charge in [-0.15, -0.1) is 0 Å². The number of fused-ring (bicyclic) bond motifs is 1. The van der Waals surface area contributed by atoms with Gasteiger partial charge in [-0.3, -0.25) is 4.79 Å². The van der Waals surface area contributed by atoms with Crippen LogP contribution in [0.25, 0.3) is 10.9 Å². The van der Waals surface area contributed by atoms with Gasteiger partial charge >= 0.3 is 0 Å². The van der Waals surface area contributed by atoms with Crippen LogP contribution in [0.4, 0.5) is 18.9 Å². The maximum Gasteiger partial charge on any atom is 0.227 e. The summed E-state index contributed by atoms with van der Waals surface area (Å²) in [5.74, 6) is -1.20. The van der Waals surface area contributed by atoms with E-state index in [0.29, 0.717) is 17.9 Å². The number of likely N-dealkylation sites (N-methyl/N-ethyl adjacent to an activating group) is 1. The van der Waals surface area contributed by atoms with Crippen LogP contribution >= 0.6 is 15.9 Å². The Kier molecular flexibility index (Phi) is 9.40. The number of nitrogens with one attached hydrogen (secondary N) is 1. The average Bonchev–Trinajstić information content (AvgIpc) is 3.37. The maximum atomic E-state index is 14.3. The Labute approximate surface area is 257 Å². The van der Waals surface area contributed by atoms with E-state index in [1.807, 2.05) is 60.6 Å². The minimum atomic E-state index is -0.682. The van der Waals surface area contributed by atoms with Crippen LogP contribution in [0.3, 0.4) is 0 Å². The number of ether oxygens (including phenoxy) is 1. The molecule has 9 heteroatoms. The van der Waals surface area contributed by atoms with Crippen LogP contribution in [0, 0.1) is 17.5 Å². The van der Waals surface area contributed by atoms with E-state index in [-0.39, 0.29) is 31.1 Å². The lowest BCUT2D eigenvalue weighted by Gasteiger charge is -2.36. The topological polar surface area (TPSA) is 48.6 Å². The third-order valence-electron chi connectivity index (χ3n) is 7.49. The molecule has 222 valence electrons. The zero-order chi connectivity index (χ0) is 30.5. The molecule has 0 aliphatic rings. The lowest BCUT2D eigenvalue weighted by Crippen LogP contribution is -2.47. The number of aromatic amines is 1. The minimum Gasteiger partial charge on any atom is -0.497 e.